The molecule has 1 aliphatic carbocycles. The second-order valence-electron chi connectivity index (χ2n) is 5.93. The maximum Gasteiger partial charge on any atom is 0.149 e. The summed E-state index contributed by atoms with van der Waals surface area (Å²) >= 11 is 0. The fourth-order valence-corrected chi connectivity index (χ4v) is 3.38. The lowest BCUT2D eigenvalue weighted by Gasteiger charge is -2.28. The lowest BCUT2D eigenvalue weighted by Crippen LogP contribution is -2.22. The third kappa shape index (κ3) is 2.65. The first-order valence-corrected chi connectivity index (χ1v) is 7.75. The van der Waals surface area contributed by atoms with E-state index in [-0.39, 0.29) is 0 Å². The van der Waals surface area contributed by atoms with Crippen molar-refractivity contribution in [2.24, 2.45) is 11.8 Å². The molecule has 3 rings (SSSR count). The minimum atomic E-state index is 0.498. The monoisotopic (exact) mass is 276 g/mol. The summed E-state index contributed by atoms with van der Waals surface area (Å²) in [6.45, 7) is 3.60. The first kappa shape index (κ1) is 13.8. The summed E-state index contributed by atoms with van der Waals surface area (Å²) in [5.41, 5.74) is 4.87. The van der Waals surface area contributed by atoms with Crippen LogP contribution in [0.15, 0.2) is 0 Å². The molecule has 20 heavy (non-hydrogen) atoms. The van der Waals surface area contributed by atoms with Crippen molar-refractivity contribution in [1.82, 2.24) is 9.97 Å². The van der Waals surface area contributed by atoms with E-state index < -0.39 is 0 Å². The van der Waals surface area contributed by atoms with Gasteiger partial charge >= 0.3 is 0 Å². The molecule has 3 N–H and O–H groups in total. The van der Waals surface area contributed by atoms with Gasteiger partial charge in [-0.1, -0.05) is 13.3 Å². The zero-order chi connectivity index (χ0) is 13.9. The van der Waals surface area contributed by atoms with E-state index in [1.165, 1.54) is 32.1 Å². The molecule has 110 valence electrons. The molecule has 1 saturated carbocycles. The fourth-order valence-electron chi connectivity index (χ4n) is 3.38. The van der Waals surface area contributed by atoms with Crippen LogP contribution in [-0.2, 0) is 17.8 Å². The minimum Gasteiger partial charge on any atom is -0.376 e. The summed E-state index contributed by atoms with van der Waals surface area (Å²) in [5.74, 6) is 8.74. The Morgan fingerprint density at radius 2 is 2.05 bits per heavy atom. The van der Waals surface area contributed by atoms with Gasteiger partial charge in [-0.2, -0.15) is 0 Å². The number of nitrogens with two attached hydrogens (primary N) is 1. The van der Waals surface area contributed by atoms with Gasteiger partial charge in [0.15, 0.2) is 0 Å². The standard InChI is InChI=1S/C15H24N4O/c1-2-10-3-5-11(6-4-10)14-17-13-7-8-20-9-12(13)15(18-14)19-16/h10-11H,2-9,16H2,1H3,(H,17,18,19). The summed E-state index contributed by atoms with van der Waals surface area (Å²) in [6.07, 6.45) is 7.18. The van der Waals surface area contributed by atoms with Crippen LogP contribution in [0.4, 0.5) is 5.82 Å². The highest BCUT2D eigenvalue weighted by molar-refractivity contribution is 5.46. The van der Waals surface area contributed by atoms with Gasteiger partial charge in [-0.3, -0.25) is 0 Å². The van der Waals surface area contributed by atoms with E-state index in [4.69, 9.17) is 15.6 Å². The van der Waals surface area contributed by atoms with Crippen LogP contribution in [-0.4, -0.2) is 16.6 Å². The van der Waals surface area contributed by atoms with Crippen LogP contribution in [0.3, 0.4) is 0 Å². The summed E-state index contributed by atoms with van der Waals surface area (Å²) in [4.78, 5) is 9.46. The van der Waals surface area contributed by atoms with Crippen molar-refractivity contribution >= 4 is 5.82 Å². The average Bonchev–Trinajstić information content (AvgIpc) is 2.54. The number of hydrazine groups is 1. The molecule has 1 aromatic rings. The molecule has 2 heterocycles. The number of hydrogen-bond donors (Lipinski definition) is 2. The molecule has 0 atom stereocenters. The smallest absolute Gasteiger partial charge is 0.149 e. The van der Waals surface area contributed by atoms with Crippen LogP contribution in [0, 0.1) is 5.92 Å². The van der Waals surface area contributed by atoms with E-state index in [2.05, 4.69) is 17.3 Å². The van der Waals surface area contributed by atoms with Gasteiger partial charge in [0.25, 0.3) is 0 Å². The molecule has 1 aliphatic heterocycles. The molecule has 0 amide bonds. The van der Waals surface area contributed by atoms with Gasteiger partial charge in [0, 0.05) is 17.9 Å². The highest BCUT2D eigenvalue weighted by atomic mass is 16.5. The second-order valence-corrected chi connectivity index (χ2v) is 5.93. The molecule has 1 fully saturated rings. The molecule has 0 bridgehead atoms. The van der Waals surface area contributed by atoms with E-state index in [0.29, 0.717) is 12.5 Å². The lowest BCUT2D eigenvalue weighted by atomic mass is 9.80. The van der Waals surface area contributed by atoms with Crippen LogP contribution in [0.2, 0.25) is 0 Å². The summed E-state index contributed by atoms with van der Waals surface area (Å²) < 4.78 is 5.48. The molecule has 0 radical (unpaired) electrons. The van der Waals surface area contributed by atoms with E-state index in [1.54, 1.807) is 0 Å². The molecule has 2 aliphatic rings. The Labute approximate surface area is 120 Å². The molecular formula is C15H24N4O. The number of ether oxygens (including phenoxy) is 1. The molecule has 5 nitrogen and oxygen atoms in total. The zero-order valence-corrected chi connectivity index (χ0v) is 12.2. The fraction of sp³-hybridized carbons (Fsp3) is 0.733. The molecule has 5 heteroatoms. The molecule has 1 aromatic heterocycles. The SMILES string of the molecule is CCC1CCC(c2nc3c(c(NN)n2)COCC3)CC1. The molecule has 0 unspecified atom stereocenters. The van der Waals surface area contributed by atoms with Crippen LogP contribution >= 0.6 is 0 Å². The van der Waals surface area contributed by atoms with Crippen LogP contribution < -0.4 is 11.3 Å². The normalized spacial score (nSPS) is 26.1. The van der Waals surface area contributed by atoms with E-state index in [0.717, 1.165) is 41.8 Å². The van der Waals surface area contributed by atoms with Crippen LogP contribution in [0.25, 0.3) is 0 Å². The van der Waals surface area contributed by atoms with Gasteiger partial charge in [0.05, 0.1) is 18.9 Å². The van der Waals surface area contributed by atoms with Gasteiger partial charge in [-0.25, -0.2) is 15.8 Å². The van der Waals surface area contributed by atoms with Crippen LogP contribution in [0.5, 0.6) is 0 Å². The van der Waals surface area contributed by atoms with Gasteiger partial charge < -0.3 is 10.2 Å². The maximum absolute atomic E-state index is 5.62. The lowest BCUT2D eigenvalue weighted by molar-refractivity contribution is 0.109. The number of fused-ring (bicyclic) bond motifs is 1. The molecular weight excluding hydrogens is 252 g/mol. The van der Waals surface area contributed by atoms with Crippen molar-refractivity contribution in [1.29, 1.82) is 0 Å². The quantitative estimate of drug-likeness (QED) is 0.655. The highest BCUT2D eigenvalue weighted by Crippen LogP contribution is 2.36. The Morgan fingerprint density at radius 1 is 1.25 bits per heavy atom. The van der Waals surface area contributed by atoms with Crippen molar-refractivity contribution in [3.05, 3.63) is 17.1 Å². The predicted octanol–water partition coefficient (Wildman–Crippen LogP) is 2.52. The van der Waals surface area contributed by atoms with Gasteiger partial charge in [0.2, 0.25) is 0 Å². The Balaban J connectivity index is 1.83. The number of nitrogen functional groups attached to an aromatic ring is 1. The molecule has 0 spiro atoms. The van der Waals surface area contributed by atoms with Crippen molar-refractivity contribution in [3.8, 4) is 0 Å². The molecule has 0 saturated heterocycles. The van der Waals surface area contributed by atoms with Crippen molar-refractivity contribution < 1.29 is 4.74 Å². The predicted molar refractivity (Wildman–Crippen MR) is 78.2 cm³/mol. The van der Waals surface area contributed by atoms with Crippen molar-refractivity contribution in [3.63, 3.8) is 0 Å². The Hall–Kier alpha value is -1.20. The number of anilines is 1. The van der Waals surface area contributed by atoms with Gasteiger partial charge in [-0.15, -0.1) is 0 Å². The largest absolute Gasteiger partial charge is 0.376 e. The summed E-state index contributed by atoms with van der Waals surface area (Å²) in [6, 6.07) is 0. The first-order chi connectivity index (χ1) is 9.81. The number of rotatable bonds is 3. The minimum absolute atomic E-state index is 0.498. The van der Waals surface area contributed by atoms with Gasteiger partial charge in [-0.05, 0) is 31.6 Å². The van der Waals surface area contributed by atoms with Crippen LogP contribution in [0.1, 0.15) is 62.0 Å². The Morgan fingerprint density at radius 3 is 2.75 bits per heavy atom. The van der Waals surface area contributed by atoms with E-state index in [1.807, 2.05) is 0 Å². The third-order valence-electron chi connectivity index (χ3n) is 4.77. The van der Waals surface area contributed by atoms with Gasteiger partial charge in [0.1, 0.15) is 11.6 Å². The summed E-state index contributed by atoms with van der Waals surface area (Å²) in [5, 5.41) is 0. The Kier molecular flexibility index (Phi) is 4.17. The highest BCUT2D eigenvalue weighted by Gasteiger charge is 2.26. The maximum atomic E-state index is 5.62. The number of hydrogen-bond acceptors (Lipinski definition) is 5. The first-order valence-electron chi connectivity index (χ1n) is 7.75. The number of aromatic nitrogens is 2. The third-order valence-corrected chi connectivity index (χ3v) is 4.77. The second kappa shape index (κ2) is 6.06. The van der Waals surface area contributed by atoms with E-state index >= 15 is 0 Å². The topological polar surface area (TPSA) is 73.1 Å². The summed E-state index contributed by atoms with van der Waals surface area (Å²) in [7, 11) is 0. The number of nitrogens with one attached hydrogen (secondary N) is 1. The zero-order valence-electron chi connectivity index (χ0n) is 12.2. The number of nitrogens with zero attached hydrogens (tertiary/aromatic N) is 2. The van der Waals surface area contributed by atoms with E-state index in [9.17, 15) is 0 Å². The van der Waals surface area contributed by atoms with Crippen molar-refractivity contribution in [2.45, 2.75) is 58.0 Å². The molecule has 0 aromatic carbocycles. The van der Waals surface area contributed by atoms with Crippen molar-refractivity contribution in [2.75, 3.05) is 12.0 Å². The Bertz CT molecular complexity index is 452. The average molecular weight is 276 g/mol.